The molecule has 1 aliphatic rings. The molecule has 17 heavy (non-hydrogen) atoms. The number of hydrogen-bond acceptors (Lipinski definition) is 1. The fraction of sp³-hybridized carbons (Fsp3) is 0.467. The van der Waals surface area contributed by atoms with E-state index in [1.807, 2.05) is 14.0 Å². The van der Waals surface area contributed by atoms with Crippen molar-refractivity contribution in [1.29, 1.82) is 0 Å². The van der Waals surface area contributed by atoms with Gasteiger partial charge in [0.2, 0.25) is 0 Å². The van der Waals surface area contributed by atoms with Gasteiger partial charge in [-0.3, -0.25) is 0 Å². The molecular weight excluding hydrogens is 230 g/mol. The molecule has 0 radical (unpaired) electrons. The van der Waals surface area contributed by atoms with Crippen LogP contribution in [0.2, 0.25) is 5.02 Å². The summed E-state index contributed by atoms with van der Waals surface area (Å²) in [5, 5.41) is 4.27. The van der Waals surface area contributed by atoms with Crippen LogP contribution in [0.4, 0.5) is 0 Å². The molecule has 2 rings (SSSR count). The molecule has 92 valence electrons. The normalized spacial score (nSPS) is 17.7. The second-order valence-corrected chi connectivity index (χ2v) is 5.16. The Labute approximate surface area is 109 Å². The molecule has 0 aromatic heterocycles. The molecule has 0 saturated heterocycles. The van der Waals surface area contributed by atoms with E-state index < -0.39 is 0 Å². The van der Waals surface area contributed by atoms with Crippen molar-refractivity contribution in [2.45, 2.75) is 38.6 Å². The summed E-state index contributed by atoms with van der Waals surface area (Å²) in [5.74, 6) is 0. The quantitative estimate of drug-likeness (QED) is 0.783. The number of aryl methyl sites for hydroxylation is 1. The number of benzene rings is 1. The number of rotatable bonds is 3. The van der Waals surface area contributed by atoms with E-state index in [4.69, 9.17) is 11.6 Å². The lowest BCUT2D eigenvalue weighted by Crippen LogP contribution is -2.19. The SMILES string of the molecule is CNC(C1=CCCCC1)c1ccc(C)c(Cl)c1. The Hall–Kier alpha value is -0.790. The van der Waals surface area contributed by atoms with Crippen LogP contribution in [0.3, 0.4) is 0 Å². The maximum absolute atomic E-state index is 6.21. The van der Waals surface area contributed by atoms with Crippen LogP contribution >= 0.6 is 11.6 Å². The molecule has 2 heteroatoms. The highest BCUT2D eigenvalue weighted by Gasteiger charge is 2.16. The zero-order valence-corrected chi connectivity index (χ0v) is 11.3. The molecule has 1 atom stereocenters. The number of hydrogen-bond donors (Lipinski definition) is 1. The van der Waals surface area contributed by atoms with Crippen LogP contribution in [0.15, 0.2) is 29.8 Å². The fourth-order valence-electron chi connectivity index (χ4n) is 2.48. The molecule has 1 aromatic rings. The Bertz CT molecular complexity index is 423. The van der Waals surface area contributed by atoms with Gasteiger partial charge in [0.15, 0.2) is 0 Å². The van der Waals surface area contributed by atoms with Gasteiger partial charge in [0.25, 0.3) is 0 Å². The first-order valence-electron chi connectivity index (χ1n) is 6.34. The number of allylic oxidation sites excluding steroid dienone is 1. The molecule has 0 heterocycles. The van der Waals surface area contributed by atoms with E-state index in [1.165, 1.54) is 36.8 Å². The number of nitrogens with one attached hydrogen (secondary N) is 1. The molecular formula is C15H20ClN. The highest BCUT2D eigenvalue weighted by atomic mass is 35.5. The number of halogens is 1. The summed E-state index contributed by atoms with van der Waals surface area (Å²) in [6.45, 7) is 2.04. The van der Waals surface area contributed by atoms with E-state index in [2.05, 4.69) is 29.6 Å². The topological polar surface area (TPSA) is 12.0 Å². The third-order valence-corrected chi connectivity index (χ3v) is 3.92. The Kier molecular flexibility index (Phi) is 4.25. The zero-order chi connectivity index (χ0) is 12.3. The second kappa shape index (κ2) is 5.70. The first kappa shape index (κ1) is 12.7. The Balaban J connectivity index is 2.28. The molecule has 0 amide bonds. The predicted molar refractivity (Wildman–Crippen MR) is 74.5 cm³/mol. The molecule has 1 nitrogen and oxygen atoms in total. The van der Waals surface area contributed by atoms with Gasteiger partial charge in [-0.05, 0) is 56.8 Å². The molecule has 0 bridgehead atoms. The van der Waals surface area contributed by atoms with Crippen molar-refractivity contribution in [3.8, 4) is 0 Å². The molecule has 0 aliphatic heterocycles. The van der Waals surface area contributed by atoms with Crippen molar-refractivity contribution in [3.63, 3.8) is 0 Å². The third-order valence-electron chi connectivity index (χ3n) is 3.51. The van der Waals surface area contributed by atoms with Gasteiger partial charge < -0.3 is 5.32 Å². The van der Waals surface area contributed by atoms with Crippen molar-refractivity contribution in [1.82, 2.24) is 5.32 Å². The summed E-state index contributed by atoms with van der Waals surface area (Å²) in [7, 11) is 2.02. The Morgan fingerprint density at radius 2 is 2.12 bits per heavy atom. The van der Waals surface area contributed by atoms with Crippen LogP contribution in [0.5, 0.6) is 0 Å². The van der Waals surface area contributed by atoms with E-state index in [-0.39, 0.29) is 0 Å². The molecule has 0 fully saturated rings. The van der Waals surface area contributed by atoms with Crippen molar-refractivity contribution < 1.29 is 0 Å². The standard InChI is InChI=1S/C15H20ClN/c1-11-8-9-13(10-14(11)16)15(17-2)12-6-4-3-5-7-12/h6,8-10,15,17H,3-5,7H2,1-2H3. The van der Waals surface area contributed by atoms with Crippen LogP contribution in [0, 0.1) is 6.92 Å². The van der Waals surface area contributed by atoms with E-state index in [9.17, 15) is 0 Å². The fourth-order valence-corrected chi connectivity index (χ4v) is 2.67. The van der Waals surface area contributed by atoms with Gasteiger partial charge in [-0.2, -0.15) is 0 Å². The molecule has 1 unspecified atom stereocenters. The summed E-state index contributed by atoms with van der Waals surface area (Å²) >= 11 is 6.21. The van der Waals surface area contributed by atoms with Gasteiger partial charge in [-0.15, -0.1) is 0 Å². The van der Waals surface area contributed by atoms with Crippen molar-refractivity contribution >= 4 is 11.6 Å². The van der Waals surface area contributed by atoms with E-state index >= 15 is 0 Å². The van der Waals surface area contributed by atoms with Crippen LogP contribution in [-0.4, -0.2) is 7.05 Å². The van der Waals surface area contributed by atoms with Crippen LogP contribution in [-0.2, 0) is 0 Å². The van der Waals surface area contributed by atoms with Crippen LogP contribution < -0.4 is 5.32 Å². The van der Waals surface area contributed by atoms with Gasteiger partial charge in [0.05, 0.1) is 6.04 Å². The van der Waals surface area contributed by atoms with Gasteiger partial charge in [-0.1, -0.05) is 35.4 Å². The summed E-state index contributed by atoms with van der Waals surface area (Å²) in [6.07, 6.45) is 7.45. The van der Waals surface area contributed by atoms with Gasteiger partial charge in [-0.25, -0.2) is 0 Å². The average molecular weight is 250 g/mol. The molecule has 1 N–H and O–H groups in total. The maximum Gasteiger partial charge on any atom is 0.0534 e. The summed E-state index contributed by atoms with van der Waals surface area (Å²) < 4.78 is 0. The zero-order valence-electron chi connectivity index (χ0n) is 10.6. The average Bonchev–Trinajstić information content (AvgIpc) is 2.36. The van der Waals surface area contributed by atoms with Gasteiger partial charge in [0, 0.05) is 5.02 Å². The van der Waals surface area contributed by atoms with Gasteiger partial charge >= 0.3 is 0 Å². The summed E-state index contributed by atoms with van der Waals surface area (Å²) in [6, 6.07) is 6.70. The maximum atomic E-state index is 6.21. The third kappa shape index (κ3) is 2.91. The smallest absolute Gasteiger partial charge is 0.0534 e. The van der Waals surface area contributed by atoms with E-state index in [0.717, 1.165) is 10.6 Å². The lowest BCUT2D eigenvalue weighted by atomic mass is 9.89. The molecule has 0 saturated carbocycles. The number of likely N-dealkylation sites (N-methyl/N-ethyl adjacent to an activating group) is 1. The highest BCUT2D eigenvalue weighted by Crippen LogP contribution is 2.31. The minimum absolute atomic E-state index is 0.327. The molecule has 1 aromatic carbocycles. The summed E-state index contributed by atoms with van der Waals surface area (Å²) in [4.78, 5) is 0. The van der Waals surface area contributed by atoms with Crippen LogP contribution in [0.1, 0.15) is 42.9 Å². The first-order chi connectivity index (χ1) is 8.22. The molecule has 0 spiro atoms. The molecule has 1 aliphatic carbocycles. The minimum Gasteiger partial charge on any atom is -0.310 e. The Morgan fingerprint density at radius 1 is 1.29 bits per heavy atom. The Morgan fingerprint density at radius 3 is 2.71 bits per heavy atom. The minimum atomic E-state index is 0.327. The first-order valence-corrected chi connectivity index (χ1v) is 6.72. The second-order valence-electron chi connectivity index (χ2n) is 4.76. The van der Waals surface area contributed by atoms with E-state index in [1.54, 1.807) is 0 Å². The van der Waals surface area contributed by atoms with Crippen LogP contribution in [0.25, 0.3) is 0 Å². The summed E-state index contributed by atoms with van der Waals surface area (Å²) in [5.41, 5.74) is 3.93. The van der Waals surface area contributed by atoms with E-state index in [0.29, 0.717) is 6.04 Å². The largest absolute Gasteiger partial charge is 0.310 e. The lowest BCUT2D eigenvalue weighted by molar-refractivity contribution is 0.593. The lowest BCUT2D eigenvalue weighted by Gasteiger charge is -2.23. The monoisotopic (exact) mass is 249 g/mol. The van der Waals surface area contributed by atoms with Crippen molar-refractivity contribution in [2.24, 2.45) is 0 Å². The van der Waals surface area contributed by atoms with Crippen molar-refractivity contribution in [3.05, 3.63) is 46.0 Å². The predicted octanol–water partition coefficient (Wildman–Crippen LogP) is 4.41. The van der Waals surface area contributed by atoms with Gasteiger partial charge in [0.1, 0.15) is 0 Å². The highest BCUT2D eigenvalue weighted by molar-refractivity contribution is 6.31. The van der Waals surface area contributed by atoms with Crippen molar-refractivity contribution in [2.75, 3.05) is 7.05 Å².